The van der Waals surface area contributed by atoms with Crippen LogP contribution in [0, 0.1) is 0 Å². The molecule has 102 valence electrons. The van der Waals surface area contributed by atoms with Gasteiger partial charge in [-0.25, -0.2) is 5.43 Å². The van der Waals surface area contributed by atoms with Crippen LogP contribution in [0.15, 0.2) is 47.6 Å². The first kappa shape index (κ1) is 14.9. The van der Waals surface area contributed by atoms with Gasteiger partial charge in [-0.2, -0.15) is 5.10 Å². The Morgan fingerprint density at radius 2 is 1.70 bits per heavy atom. The van der Waals surface area contributed by atoms with Crippen molar-refractivity contribution >= 4 is 46.9 Å². The first-order valence-electron chi connectivity index (χ1n) is 5.60. The van der Waals surface area contributed by atoms with Crippen LogP contribution in [0.4, 0.5) is 0 Å². The lowest BCUT2D eigenvalue weighted by molar-refractivity contribution is 0.0955. The van der Waals surface area contributed by atoms with E-state index in [0.29, 0.717) is 20.6 Å². The topological polar surface area (TPSA) is 41.5 Å². The number of carbonyl (C=O) groups is 1. The zero-order valence-electron chi connectivity index (χ0n) is 10.1. The summed E-state index contributed by atoms with van der Waals surface area (Å²) in [6, 6.07) is 11.7. The van der Waals surface area contributed by atoms with Crippen LogP contribution < -0.4 is 5.43 Å². The van der Waals surface area contributed by atoms with Crippen molar-refractivity contribution in [1.29, 1.82) is 0 Å². The third-order valence-electron chi connectivity index (χ3n) is 2.43. The van der Waals surface area contributed by atoms with E-state index in [4.69, 9.17) is 34.8 Å². The monoisotopic (exact) mass is 326 g/mol. The lowest BCUT2D eigenvalue weighted by Gasteiger charge is -2.01. The highest BCUT2D eigenvalue weighted by Gasteiger charge is 2.06. The molecule has 0 unspecified atom stereocenters. The normalized spacial score (nSPS) is 10.8. The molecule has 0 aliphatic carbocycles. The highest BCUT2D eigenvalue weighted by atomic mass is 35.5. The van der Waals surface area contributed by atoms with Gasteiger partial charge in [0.2, 0.25) is 0 Å². The van der Waals surface area contributed by atoms with Gasteiger partial charge in [0.15, 0.2) is 0 Å². The predicted molar refractivity (Wildman–Crippen MR) is 83.0 cm³/mol. The molecular formula is C14H9Cl3N2O. The lowest BCUT2D eigenvalue weighted by atomic mass is 10.2. The number of nitrogens with one attached hydrogen (secondary N) is 1. The first-order chi connectivity index (χ1) is 9.56. The molecule has 0 heterocycles. The first-order valence-corrected chi connectivity index (χ1v) is 6.73. The number of hydrogen-bond donors (Lipinski definition) is 1. The van der Waals surface area contributed by atoms with E-state index in [1.165, 1.54) is 12.3 Å². The van der Waals surface area contributed by atoms with Gasteiger partial charge in [0.05, 0.1) is 16.3 Å². The largest absolute Gasteiger partial charge is 0.271 e. The average molecular weight is 328 g/mol. The molecule has 0 bridgehead atoms. The number of amides is 1. The standard InChI is InChI=1S/C14H9Cl3N2O/c15-11-4-1-9(2-5-11)8-18-19-14(20)10-3-6-12(16)13(17)7-10/h1-8H,(H,19,20)/b18-8-. The fourth-order valence-corrected chi connectivity index (χ4v) is 1.84. The van der Waals surface area contributed by atoms with E-state index in [-0.39, 0.29) is 5.91 Å². The fraction of sp³-hybridized carbons (Fsp3) is 0. The van der Waals surface area contributed by atoms with E-state index in [2.05, 4.69) is 10.5 Å². The van der Waals surface area contributed by atoms with Gasteiger partial charge in [0.1, 0.15) is 0 Å². The summed E-state index contributed by atoms with van der Waals surface area (Å²) in [6.07, 6.45) is 1.52. The van der Waals surface area contributed by atoms with E-state index in [1.807, 2.05) is 0 Å². The molecule has 2 aromatic carbocycles. The zero-order valence-corrected chi connectivity index (χ0v) is 12.4. The maximum atomic E-state index is 11.8. The number of hydrogen-bond acceptors (Lipinski definition) is 2. The fourth-order valence-electron chi connectivity index (χ4n) is 1.42. The third-order valence-corrected chi connectivity index (χ3v) is 3.42. The molecule has 20 heavy (non-hydrogen) atoms. The summed E-state index contributed by atoms with van der Waals surface area (Å²) in [5.41, 5.74) is 3.61. The summed E-state index contributed by atoms with van der Waals surface area (Å²) < 4.78 is 0. The minimum Gasteiger partial charge on any atom is -0.267 e. The maximum absolute atomic E-state index is 11.8. The summed E-state index contributed by atoms with van der Waals surface area (Å²) in [6.45, 7) is 0. The molecule has 0 aliphatic heterocycles. The van der Waals surface area contributed by atoms with E-state index < -0.39 is 0 Å². The van der Waals surface area contributed by atoms with Crippen LogP contribution in [0.25, 0.3) is 0 Å². The summed E-state index contributed by atoms with van der Waals surface area (Å²) >= 11 is 17.4. The molecule has 0 fully saturated rings. The van der Waals surface area contributed by atoms with Gasteiger partial charge in [-0.05, 0) is 35.9 Å². The van der Waals surface area contributed by atoms with Crippen molar-refractivity contribution in [3.63, 3.8) is 0 Å². The van der Waals surface area contributed by atoms with Crippen molar-refractivity contribution in [2.75, 3.05) is 0 Å². The Bertz CT molecular complexity index is 654. The second kappa shape index (κ2) is 6.75. The second-order valence-corrected chi connectivity index (χ2v) is 5.13. The summed E-state index contributed by atoms with van der Waals surface area (Å²) in [5, 5.41) is 5.21. The molecular weight excluding hydrogens is 319 g/mol. The Labute approximate surface area is 131 Å². The van der Waals surface area contributed by atoms with Gasteiger partial charge in [0.25, 0.3) is 5.91 Å². The molecule has 1 N–H and O–H groups in total. The Morgan fingerprint density at radius 1 is 1.00 bits per heavy atom. The van der Waals surface area contributed by atoms with Crippen molar-refractivity contribution < 1.29 is 4.79 Å². The molecule has 1 amide bonds. The highest BCUT2D eigenvalue weighted by molar-refractivity contribution is 6.42. The number of rotatable bonds is 3. The molecule has 6 heteroatoms. The van der Waals surface area contributed by atoms with Crippen LogP contribution in [0.2, 0.25) is 15.1 Å². The van der Waals surface area contributed by atoms with Crippen LogP contribution in [-0.4, -0.2) is 12.1 Å². The van der Waals surface area contributed by atoms with E-state index >= 15 is 0 Å². The van der Waals surface area contributed by atoms with Crippen molar-refractivity contribution in [3.05, 3.63) is 68.7 Å². The minimum absolute atomic E-state index is 0.320. The summed E-state index contributed by atoms with van der Waals surface area (Å²) in [4.78, 5) is 11.8. The minimum atomic E-state index is -0.367. The highest BCUT2D eigenvalue weighted by Crippen LogP contribution is 2.22. The van der Waals surface area contributed by atoms with Crippen LogP contribution in [0.3, 0.4) is 0 Å². The number of benzene rings is 2. The van der Waals surface area contributed by atoms with Crippen molar-refractivity contribution in [1.82, 2.24) is 5.43 Å². The Kier molecular flexibility index (Phi) is 5.01. The number of carbonyl (C=O) groups excluding carboxylic acids is 1. The van der Waals surface area contributed by atoms with Gasteiger partial charge >= 0.3 is 0 Å². The Hall–Kier alpha value is -1.55. The van der Waals surface area contributed by atoms with Gasteiger partial charge in [0, 0.05) is 10.6 Å². The maximum Gasteiger partial charge on any atom is 0.271 e. The lowest BCUT2D eigenvalue weighted by Crippen LogP contribution is -2.17. The van der Waals surface area contributed by atoms with Crippen molar-refractivity contribution in [3.8, 4) is 0 Å². The van der Waals surface area contributed by atoms with Crippen LogP contribution in [0.1, 0.15) is 15.9 Å². The predicted octanol–water partition coefficient (Wildman–Crippen LogP) is 4.41. The molecule has 0 radical (unpaired) electrons. The SMILES string of the molecule is O=C(N/N=C\c1ccc(Cl)cc1)c1ccc(Cl)c(Cl)c1. The summed E-state index contributed by atoms with van der Waals surface area (Å²) in [5.74, 6) is -0.367. The van der Waals surface area contributed by atoms with Crippen LogP contribution >= 0.6 is 34.8 Å². The molecule has 2 aromatic rings. The van der Waals surface area contributed by atoms with Gasteiger partial charge < -0.3 is 0 Å². The average Bonchev–Trinajstić information content (AvgIpc) is 2.44. The molecule has 0 atom stereocenters. The summed E-state index contributed by atoms with van der Waals surface area (Å²) in [7, 11) is 0. The van der Waals surface area contributed by atoms with E-state index in [9.17, 15) is 4.79 Å². The Morgan fingerprint density at radius 3 is 2.35 bits per heavy atom. The van der Waals surface area contributed by atoms with Gasteiger partial charge in [-0.1, -0.05) is 46.9 Å². The molecule has 0 aliphatic rings. The Balaban J connectivity index is 2.01. The second-order valence-electron chi connectivity index (χ2n) is 3.88. The number of hydrazone groups is 1. The van der Waals surface area contributed by atoms with E-state index in [1.54, 1.807) is 36.4 Å². The molecule has 0 saturated carbocycles. The van der Waals surface area contributed by atoms with Crippen LogP contribution in [0.5, 0.6) is 0 Å². The molecule has 2 rings (SSSR count). The van der Waals surface area contributed by atoms with Crippen LogP contribution in [-0.2, 0) is 0 Å². The molecule has 3 nitrogen and oxygen atoms in total. The number of halogens is 3. The van der Waals surface area contributed by atoms with Gasteiger partial charge in [-0.3, -0.25) is 4.79 Å². The van der Waals surface area contributed by atoms with Crippen molar-refractivity contribution in [2.45, 2.75) is 0 Å². The smallest absolute Gasteiger partial charge is 0.267 e. The molecule has 0 saturated heterocycles. The van der Waals surface area contributed by atoms with E-state index in [0.717, 1.165) is 5.56 Å². The molecule has 0 spiro atoms. The zero-order chi connectivity index (χ0) is 14.5. The quantitative estimate of drug-likeness (QED) is 0.658. The van der Waals surface area contributed by atoms with Gasteiger partial charge in [-0.15, -0.1) is 0 Å². The molecule has 0 aromatic heterocycles. The number of nitrogens with zero attached hydrogens (tertiary/aromatic N) is 1. The van der Waals surface area contributed by atoms with Crippen molar-refractivity contribution in [2.24, 2.45) is 5.10 Å². The third kappa shape index (κ3) is 3.97.